The van der Waals surface area contributed by atoms with Gasteiger partial charge in [-0.2, -0.15) is 0 Å². The van der Waals surface area contributed by atoms with Crippen molar-refractivity contribution in [3.8, 4) is 16.9 Å². The lowest BCUT2D eigenvalue weighted by Crippen LogP contribution is -2.40. The second-order valence-corrected chi connectivity index (χ2v) is 6.46. The van der Waals surface area contributed by atoms with Crippen molar-refractivity contribution in [2.45, 2.75) is 32.2 Å². The van der Waals surface area contributed by atoms with E-state index < -0.39 is 0 Å². The van der Waals surface area contributed by atoms with Crippen molar-refractivity contribution in [2.75, 3.05) is 25.5 Å². The number of nitrogens with zero attached hydrogens (tertiary/aromatic N) is 1. The summed E-state index contributed by atoms with van der Waals surface area (Å²) in [5.74, 6) is 0.929. The number of amides is 1. The fraction of sp³-hybridized carbons (Fsp3) is 0.381. The Labute approximate surface area is 149 Å². The summed E-state index contributed by atoms with van der Waals surface area (Å²) < 4.78 is 5.23. The lowest BCUT2D eigenvalue weighted by atomic mass is 10.0. The highest BCUT2D eigenvalue weighted by molar-refractivity contribution is 5.98. The molecule has 1 amide bonds. The molecule has 0 aliphatic carbocycles. The van der Waals surface area contributed by atoms with Crippen LogP contribution in [0.1, 0.15) is 26.2 Å². The molecule has 25 heavy (non-hydrogen) atoms. The Balaban J connectivity index is 1.79. The van der Waals surface area contributed by atoms with Gasteiger partial charge in [-0.25, -0.2) is 0 Å². The summed E-state index contributed by atoms with van der Waals surface area (Å²) in [5, 5.41) is 3.16. The highest BCUT2D eigenvalue weighted by Crippen LogP contribution is 2.30. The number of carbonyl (C=O) groups excluding carboxylic acids is 1. The summed E-state index contributed by atoms with van der Waals surface area (Å²) in [6, 6.07) is 15.9. The highest BCUT2D eigenvalue weighted by Gasteiger charge is 2.30. The molecule has 0 saturated carbocycles. The molecule has 2 aromatic rings. The van der Waals surface area contributed by atoms with Crippen LogP contribution < -0.4 is 10.1 Å². The van der Waals surface area contributed by atoms with Crippen molar-refractivity contribution >= 4 is 11.6 Å². The Bertz CT molecular complexity index is 712. The van der Waals surface area contributed by atoms with Crippen LogP contribution >= 0.6 is 0 Å². The average molecular weight is 338 g/mol. The molecule has 1 saturated heterocycles. The third kappa shape index (κ3) is 4.02. The van der Waals surface area contributed by atoms with Crippen molar-refractivity contribution in [3.05, 3.63) is 48.5 Å². The molecule has 1 N–H and O–H groups in total. The zero-order valence-corrected chi connectivity index (χ0v) is 15.0. The normalized spacial score (nSPS) is 17.4. The van der Waals surface area contributed by atoms with E-state index in [1.807, 2.05) is 48.5 Å². The Morgan fingerprint density at radius 1 is 1.20 bits per heavy atom. The van der Waals surface area contributed by atoms with Crippen LogP contribution in [0.15, 0.2) is 48.5 Å². The maximum Gasteiger partial charge on any atom is 0.241 e. The molecule has 1 aliphatic rings. The van der Waals surface area contributed by atoms with E-state index in [9.17, 15) is 4.79 Å². The molecule has 1 heterocycles. The fourth-order valence-electron chi connectivity index (χ4n) is 3.51. The van der Waals surface area contributed by atoms with Crippen LogP contribution in [0.4, 0.5) is 5.69 Å². The molecule has 0 aromatic heterocycles. The van der Waals surface area contributed by atoms with Gasteiger partial charge in [0.15, 0.2) is 0 Å². The second-order valence-electron chi connectivity index (χ2n) is 6.46. The number of rotatable bonds is 6. The Hall–Kier alpha value is -2.33. The van der Waals surface area contributed by atoms with E-state index >= 15 is 0 Å². The summed E-state index contributed by atoms with van der Waals surface area (Å²) >= 11 is 0. The number of hydrogen-bond acceptors (Lipinski definition) is 3. The fourth-order valence-corrected chi connectivity index (χ4v) is 3.51. The first-order valence-electron chi connectivity index (χ1n) is 9.01. The molecular formula is C21H26N2O2. The molecule has 1 aliphatic heterocycles. The van der Waals surface area contributed by atoms with E-state index in [1.54, 1.807) is 7.11 Å². The van der Waals surface area contributed by atoms with Crippen molar-refractivity contribution in [1.82, 2.24) is 4.90 Å². The minimum Gasteiger partial charge on any atom is -0.497 e. The zero-order valence-electron chi connectivity index (χ0n) is 15.0. The largest absolute Gasteiger partial charge is 0.497 e. The van der Waals surface area contributed by atoms with Crippen molar-refractivity contribution in [1.29, 1.82) is 0 Å². The van der Waals surface area contributed by atoms with E-state index in [0.29, 0.717) is 0 Å². The van der Waals surface area contributed by atoms with Gasteiger partial charge in [0.1, 0.15) is 5.75 Å². The second kappa shape index (κ2) is 8.17. The van der Waals surface area contributed by atoms with Gasteiger partial charge in [-0.15, -0.1) is 0 Å². The van der Waals surface area contributed by atoms with Gasteiger partial charge >= 0.3 is 0 Å². The van der Waals surface area contributed by atoms with E-state index in [4.69, 9.17) is 4.74 Å². The van der Waals surface area contributed by atoms with Gasteiger partial charge in [0.2, 0.25) is 5.91 Å². The molecular weight excluding hydrogens is 312 g/mol. The number of ether oxygens (including phenoxy) is 1. The van der Waals surface area contributed by atoms with E-state index in [1.165, 1.54) is 0 Å². The predicted octanol–water partition coefficient (Wildman–Crippen LogP) is 4.18. The first kappa shape index (κ1) is 17.5. The van der Waals surface area contributed by atoms with E-state index in [2.05, 4.69) is 17.1 Å². The third-order valence-electron chi connectivity index (χ3n) is 4.76. The van der Waals surface area contributed by atoms with Gasteiger partial charge in [0, 0.05) is 11.3 Å². The van der Waals surface area contributed by atoms with Crippen LogP contribution in [0.2, 0.25) is 0 Å². The maximum atomic E-state index is 12.8. The van der Waals surface area contributed by atoms with Crippen LogP contribution in [0.25, 0.3) is 11.1 Å². The van der Waals surface area contributed by atoms with Gasteiger partial charge in [-0.05, 0) is 56.1 Å². The quantitative estimate of drug-likeness (QED) is 0.859. The summed E-state index contributed by atoms with van der Waals surface area (Å²) in [7, 11) is 1.66. The monoisotopic (exact) mass is 338 g/mol. The standard InChI is InChI=1S/C21H26N2O2/c1-3-14-23-15-6-9-20(23)21(24)22-19-8-5-4-7-18(19)16-10-12-17(25-2)13-11-16/h4-5,7-8,10-13,20H,3,6,9,14-15H2,1-2H3,(H,22,24)/t20-/m0/s1. The molecule has 0 bridgehead atoms. The number of anilines is 1. The Morgan fingerprint density at radius 2 is 1.96 bits per heavy atom. The van der Waals surface area contributed by atoms with Crippen LogP contribution in [-0.4, -0.2) is 37.0 Å². The number of hydrogen-bond donors (Lipinski definition) is 1. The highest BCUT2D eigenvalue weighted by atomic mass is 16.5. The average Bonchev–Trinajstić information content (AvgIpc) is 3.11. The lowest BCUT2D eigenvalue weighted by molar-refractivity contribution is -0.120. The third-order valence-corrected chi connectivity index (χ3v) is 4.76. The number of nitrogens with one attached hydrogen (secondary N) is 1. The van der Waals surface area contributed by atoms with Crippen LogP contribution in [-0.2, 0) is 4.79 Å². The van der Waals surface area contributed by atoms with Crippen molar-refractivity contribution in [3.63, 3.8) is 0 Å². The zero-order chi connectivity index (χ0) is 17.6. The molecule has 4 nitrogen and oxygen atoms in total. The van der Waals surface area contributed by atoms with Crippen LogP contribution in [0.3, 0.4) is 0 Å². The lowest BCUT2D eigenvalue weighted by Gasteiger charge is -2.23. The summed E-state index contributed by atoms with van der Waals surface area (Å²) in [6.45, 7) is 4.16. The molecule has 0 spiro atoms. The molecule has 4 heteroatoms. The van der Waals surface area contributed by atoms with Crippen molar-refractivity contribution in [2.24, 2.45) is 0 Å². The minimum absolute atomic E-state index is 0.0103. The molecule has 1 fully saturated rings. The van der Waals surface area contributed by atoms with Gasteiger partial charge in [-0.1, -0.05) is 37.3 Å². The molecule has 1 atom stereocenters. The number of para-hydroxylation sites is 1. The van der Waals surface area contributed by atoms with Gasteiger partial charge < -0.3 is 10.1 Å². The topological polar surface area (TPSA) is 41.6 Å². The predicted molar refractivity (Wildman–Crippen MR) is 102 cm³/mol. The Morgan fingerprint density at radius 3 is 2.68 bits per heavy atom. The van der Waals surface area contributed by atoms with Gasteiger partial charge in [0.25, 0.3) is 0 Å². The minimum atomic E-state index is -0.0103. The molecule has 2 aromatic carbocycles. The Kier molecular flexibility index (Phi) is 5.71. The first-order valence-corrected chi connectivity index (χ1v) is 9.01. The van der Waals surface area contributed by atoms with Gasteiger partial charge in [0.05, 0.1) is 13.2 Å². The van der Waals surface area contributed by atoms with Crippen LogP contribution in [0, 0.1) is 0 Å². The maximum absolute atomic E-state index is 12.8. The SMILES string of the molecule is CCCN1CCC[C@H]1C(=O)Nc1ccccc1-c1ccc(OC)cc1. The van der Waals surface area contributed by atoms with E-state index in [-0.39, 0.29) is 11.9 Å². The number of carbonyl (C=O) groups is 1. The number of benzene rings is 2. The molecule has 3 rings (SSSR count). The molecule has 0 unspecified atom stereocenters. The summed E-state index contributed by atoms with van der Waals surface area (Å²) in [5.41, 5.74) is 2.95. The van der Waals surface area contributed by atoms with E-state index in [0.717, 1.165) is 54.9 Å². The number of likely N-dealkylation sites (tertiary alicyclic amines) is 1. The number of methoxy groups -OCH3 is 1. The first-order chi connectivity index (χ1) is 12.2. The molecule has 132 valence electrons. The summed E-state index contributed by atoms with van der Waals surface area (Å²) in [6.07, 6.45) is 3.11. The van der Waals surface area contributed by atoms with Crippen molar-refractivity contribution < 1.29 is 9.53 Å². The van der Waals surface area contributed by atoms with Crippen LogP contribution in [0.5, 0.6) is 5.75 Å². The van der Waals surface area contributed by atoms with Gasteiger partial charge in [-0.3, -0.25) is 9.69 Å². The summed E-state index contributed by atoms with van der Waals surface area (Å²) in [4.78, 5) is 15.1. The molecule has 0 radical (unpaired) electrons. The smallest absolute Gasteiger partial charge is 0.241 e.